The number of anilines is 1. The lowest BCUT2D eigenvalue weighted by molar-refractivity contribution is -0.123. The van der Waals surface area contributed by atoms with Crippen molar-refractivity contribution in [3.8, 4) is 0 Å². The zero-order chi connectivity index (χ0) is 20.4. The van der Waals surface area contributed by atoms with Gasteiger partial charge >= 0.3 is 0 Å². The summed E-state index contributed by atoms with van der Waals surface area (Å²) in [6.45, 7) is 3.55. The van der Waals surface area contributed by atoms with Crippen molar-refractivity contribution in [2.45, 2.75) is 38.4 Å². The average Bonchev–Trinajstić information content (AvgIpc) is 2.72. The van der Waals surface area contributed by atoms with Crippen molar-refractivity contribution in [3.05, 3.63) is 65.2 Å². The van der Waals surface area contributed by atoms with E-state index in [0.717, 1.165) is 36.2 Å². The summed E-state index contributed by atoms with van der Waals surface area (Å²) in [5.74, 6) is 0.0618. The number of hydrogen-bond donors (Lipinski definition) is 0. The number of fused-ring (bicyclic) bond motifs is 1. The summed E-state index contributed by atoms with van der Waals surface area (Å²) in [4.78, 5) is 15.1. The summed E-state index contributed by atoms with van der Waals surface area (Å²) >= 11 is 0. The minimum absolute atomic E-state index is 0.0206. The van der Waals surface area contributed by atoms with Gasteiger partial charge in [0.2, 0.25) is 15.9 Å². The fourth-order valence-electron chi connectivity index (χ4n) is 4.47. The van der Waals surface area contributed by atoms with E-state index in [1.165, 1.54) is 5.56 Å². The van der Waals surface area contributed by atoms with Crippen LogP contribution in [0.15, 0.2) is 48.5 Å². The molecule has 0 atom stereocenters. The van der Waals surface area contributed by atoms with Crippen LogP contribution in [0.3, 0.4) is 0 Å². The summed E-state index contributed by atoms with van der Waals surface area (Å²) in [7, 11) is -3.37. The standard InChI is InChI=1S/C23H28N2O3S/c1-18-6-4-7-19(16-18)17-29(27,28)24-14-11-21(12-15-24)23(26)25-13-5-9-20-8-2-3-10-22(20)25/h2-4,6-8,10,16,21H,5,9,11-15,17H2,1H3. The van der Waals surface area contributed by atoms with E-state index in [4.69, 9.17) is 0 Å². The highest BCUT2D eigenvalue weighted by Gasteiger charge is 2.34. The van der Waals surface area contributed by atoms with Crippen LogP contribution in [0.5, 0.6) is 0 Å². The van der Waals surface area contributed by atoms with Crippen molar-refractivity contribution in [2.75, 3.05) is 24.5 Å². The minimum atomic E-state index is -3.37. The second-order valence-electron chi connectivity index (χ2n) is 8.14. The number of hydrogen-bond acceptors (Lipinski definition) is 3. The van der Waals surface area contributed by atoms with Gasteiger partial charge in [0.15, 0.2) is 0 Å². The largest absolute Gasteiger partial charge is 0.312 e. The molecule has 6 heteroatoms. The second kappa shape index (κ2) is 8.28. The van der Waals surface area contributed by atoms with E-state index < -0.39 is 10.0 Å². The number of aryl methyl sites for hydroxylation is 2. The van der Waals surface area contributed by atoms with E-state index in [0.29, 0.717) is 25.9 Å². The van der Waals surface area contributed by atoms with E-state index in [1.807, 2.05) is 54.3 Å². The molecule has 2 heterocycles. The van der Waals surface area contributed by atoms with E-state index in [9.17, 15) is 13.2 Å². The van der Waals surface area contributed by atoms with Crippen molar-refractivity contribution >= 4 is 21.6 Å². The molecule has 2 aliphatic rings. The number of nitrogens with zero attached hydrogens (tertiary/aromatic N) is 2. The van der Waals surface area contributed by atoms with Crippen LogP contribution in [0.4, 0.5) is 5.69 Å². The molecule has 2 aromatic rings. The molecule has 4 rings (SSSR count). The van der Waals surface area contributed by atoms with Crippen LogP contribution in [-0.2, 0) is 27.0 Å². The third kappa shape index (κ3) is 4.38. The van der Waals surface area contributed by atoms with Crippen LogP contribution in [0.1, 0.15) is 36.0 Å². The first kappa shape index (κ1) is 20.1. The number of sulfonamides is 1. The highest BCUT2D eigenvalue weighted by atomic mass is 32.2. The van der Waals surface area contributed by atoms with E-state index in [-0.39, 0.29) is 17.6 Å². The summed E-state index contributed by atoms with van der Waals surface area (Å²) in [5, 5.41) is 0. The van der Waals surface area contributed by atoms with Gasteiger partial charge in [-0.15, -0.1) is 0 Å². The van der Waals surface area contributed by atoms with Crippen molar-refractivity contribution in [1.82, 2.24) is 4.31 Å². The molecule has 154 valence electrons. The Morgan fingerprint density at radius 1 is 1.03 bits per heavy atom. The van der Waals surface area contributed by atoms with Gasteiger partial charge in [0, 0.05) is 31.2 Å². The van der Waals surface area contributed by atoms with Crippen molar-refractivity contribution in [2.24, 2.45) is 5.92 Å². The molecule has 1 saturated heterocycles. The zero-order valence-electron chi connectivity index (χ0n) is 16.9. The molecule has 0 spiro atoms. The number of piperidine rings is 1. The number of benzene rings is 2. The Kier molecular flexibility index (Phi) is 5.74. The Balaban J connectivity index is 1.40. The van der Waals surface area contributed by atoms with Crippen LogP contribution in [0, 0.1) is 12.8 Å². The first-order valence-electron chi connectivity index (χ1n) is 10.4. The molecule has 0 unspecified atom stereocenters. The lowest BCUT2D eigenvalue weighted by Gasteiger charge is -2.36. The second-order valence-corrected chi connectivity index (χ2v) is 10.1. The fraction of sp³-hybridized carbons (Fsp3) is 0.435. The molecule has 0 aromatic heterocycles. The highest BCUT2D eigenvalue weighted by Crippen LogP contribution is 2.31. The molecule has 5 nitrogen and oxygen atoms in total. The van der Waals surface area contributed by atoms with Crippen LogP contribution < -0.4 is 4.90 Å². The first-order chi connectivity index (χ1) is 13.9. The number of rotatable bonds is 4. The molecule has 0 saturated carbocycles. The van der Waals surface area contributed by atoms with Gasteiger partial charge in [-0.2, -0.15) is 0 Å². The summed E-state index contributed by atoms with van der Waals surface area (Å²) in [6.07, 6.45) is 3.16. The number of carbonyl (C=O) groups is 1. The van der Waals surface area contributed by atoms with Crippen molar-refractivity contribution < 1.29 is 13.2 Å². The monoisotopic (exact) mass is 412 g/mol. The Labute approximate surface area is 173 Å². The third-order valence-corrected chi connectivity index (χ3v) is 7.85. The molecule has 2 aliphatic heterocycles. The Morgan fingerprint density at radius 2 is 1.79 bits per heavy atom. The van der Waals surface area contributed by atoms with Gasteiger partial charge in [0.1, 0.15) is 0 Å². The maximum atomic E-state index is 13.2. The van der Waals surface area contributed by atoms with Crippen molar-refractivity contribution in [3.63, 3.8) is 0 Å². The van der Waals surface area contributed by atoms with Crippen molar-refractivity contribution in [1.29, 1.82) is 0 Å². The van der Waals surface area contributed by atoms with E-state index >= 15 is 0 Å². The summed E-state index contributed by atoms with van der Waals surface area (Å²) in [6, 6.07) is 15.7. The molecular formula is C23H28N2O3S. The minimum Gasteiger partial charge on any atom is -0.312 e. The topological polar surface area (TPSA) is 57.7 Å². The van der Waals surface area contributed by atoms with Gasteiger partial charge in [-0.05, 0) is 49.8 Å². The average molecular weight is 413 g/mol. The van der Waals surface area contributed by atoms with Gasteiger partial charge in [0.05, 0.1) is 5.75 Å². The molecule has 0 radical (unpaired) electrons. The molecule has 2 aromatic carbocycles. The quantitative estimate of drug-likeness (QED) is 0.772. The SMILES string of the molecule is Cc1cccc(CS(=O)(=O)N2CCC(C(=O)N3CCCc4ccccc43)CC2)c1. The molecule has 0 N–H and O–H groups in total. The Hall–Kier alpha value is -2.18. The smallest absolute Gasteiger partial charge is 0.230 e. The predicted octanol–water partition coefficient (Wildman–Crippen LogP) is 3.52. The maximum Gasteiger partial charge on any atom is 0.230 e. The normalized spacial score (nSPS) is 18.4. The molecular weight excluding hydrogens is 384 g/mol. The third-order valence-electron chi connectivity index (χ3n) is 6.00. The Bertz CT molecular complexity index is 995. The summed E-state index contributed by atoms with van der Waals surface area (Å²) in [5.41, 5.74) is 4.13. The van der Waals surface area contributed by atoms with Gasteiger partial charge in [-0.25, -0.2) is 12.7 Å². The fourth-order valence-corrected chi connectivity index (χ4v) is 6.02. The lowest BCUT2D eigenvalue weighted by Crippen LogP contribution is -2.46. The number of carbonyl (C=O) groups excluding carboxylic acids is 1. The van der Waals surface area contributed by atoms with Crippen LogP contribution in [0.2, 0.25) is 0 Å². The van der Waals surface area contributed by atoms with E-state index in [2.05, 4.69) is 6.07 Å². The number of amides is 1. The number of para-hydroxylation sites is 1. The lowest BCUT2D eigenvalue weighted by atomic mass is 9.94. The van der Waals surface area contributed by atoms with Gasteiger partial charge < -0.3 is 4.90 Å². The molecule has 1 fully saturated rings. The van der Waals surface area contributed by atoms with Crippen LogP contribution in [-0.4, -0.2) is 38.3 Å². The van der Waals surface area contributed by atoms with Gasteiger partial charge in [-0.1, -0.05) is 48.0 Å². The van der Waals surface area contributed by atoms with Crippen LogP contribution in [0.25, 0.3) is 0 Å². The molecule has 0 aliphatic carbocycles. The predicted molar refractivity (Wildman–Crippen MR) is 115 cm³/mol. The zero-order valence-corrected chi connectivity index (χ0v) is 17.7. The Morgan fingerprint density at radius 3 is 2.55 bits per heavy atom. The molecule has 0 bridgehead atoms. The maximum absolute atomic E-state index is 13.2. The van der Waals surface area contributed by atoms with E-state index in [1.54, 1.807) is 4.31 Å². The van der Waals surface area contributed by atoms with Gasteiger partial charge in [-0.3, -0.25) is 4.79 Å². The molecule has 29 heavy (non-hydrogen) atoms. The molecule has 1 amide bonds. The van der Waals surface area contributed by atoms with Crippen LogP contribution >= 0.6 is 0 Å². The highest BCUT2D eigenvalue weighted by molar-refractivity contribution is 7.88. The first-order valence-corrected chi connectivity index (χ1v) is 12.0. The summed E-state index contributed by atoms with van der Waals surface area (Å²) < 4.78 is 27.2. The van der Waals surface area contributed by atoms with Gasteiger partial charge in [0.25, 0.3) is 0 Å².